The molecule has 0 bridgehead atoms. The highest BCUT2D eigenvalue weighted by Crippen LogP contribution is 2.15. The number of anilines is 1. The second-order valence-electron chi connectivity index (χ2n) is 6.36. The number of carbonyl (C=O) groups is 1. The molecule has 0 aromatic carbocycles. The Bertz CT molecular complexity index is 522. The summed E-state index contributed by atoms with van der Waals surface area (Å²) in [6.45, 7) is 6.23. The van der Waals surface area contributed by atoms with Gasteiger partial charge in [0.2, 0.25) is 0 Å². The number of amides is 1. The molecule has 3 rings (SSSR count). The number of nitrogens with zero attached hydrogens (tertiary/aromatic N) is 4. The predicted octanol–water partition coefficient (Wildman–Crippen LogP) is 1.10. The van der Waals surface area contributed by atoms with Gasteiger partial charge in [0.25, 0.3) is 5.91 Å². The van der Waals surface area contributed by atoms with Gasteiger partial charge in [-0.3, -0.25) is 4.79 Å². The minimum Gasteiger partial charge on any atom is -0.376 e. The fraction of sp³-hybridized carbons (Fsp3) is 0.706. The summed E-state index contributed by atoms with van der Waals surface area (Å²) >= 11 is 0. The maximum absolute atomic E-state index is 12.6. The van der Waals surface area contributed by atoms with Gasteiger partial charge in [0.05, 0.1) is 12.7 Å². The molecule has 1 aromatic heterocycles. The Hall–Kier alpha value is -1.73. The van der Waals surface area contributed by atoms with E-state index >= 15 is 0 Å². The van der Waals surface area contributed by atoms with Crippen molar-refractivity contribution in [2.24, 2.45) is 0 Å². The minimum atomic E-state index is -0.419. The molecule has 0 saturated carbocycles. The Labute approximate surface area is 142 Å². The predicted molar refractivity (Wildman–Crippen MR) is 89.8 cm³/mol. The molecule has 7 heteroatoms. The lowest BCUT2D eigenvalue weighted by atomic mass is 10.2. The van der Waals surface area contributed by atoms with Gasteiger partial charge in [-0.25, -0.2) is 0 Å². The maximum Gasteiger partial charge on any atom is 0.251 e. The molecule has 2 atom stereocenters. The molecule has 1 amide bonds. The summed E-state index contributed by atoms with van der Waals surface area (Å²) in [4.78, 5) is 16.7. The van der Waals surface area contributed by atoms with Crippen molar-refractivity contribution in [1.29, 1.82) is 0 Å². The van der Waals surface area contributed by atoms with Crippen molar-refractivity contribution >= 4 is 11.7 Å². The zero-order chi connectivity index (χ0) is 16.8. The van der Waals surface area contributed by atoms with Crippen LogP contribution in [0, 0.1) is 0 Å². The van der Waals surface area contributed by atoms with Crippen LogP contribution in [0.15, 0.2) is 18.3 Å². The highest BCUT2D eigenvalue weighted by atomic mass is 16.5. The topological polar surface area (TPSA) is 67.8 Å². The molecule has 0 aliphatic carbocycles. The zero-order valence-electron chi connectivity index (χ0n) is 14.3. The van der Waals surface area contributed by atoms with Crippen LogP contribution < -0.4 is 4.90 Å². The van der Waals surface area contributed by atoms with Crippen LogP contribution in [0.2, 0.25) is 0 Å². The molecule has 0 spiro atoms. The Morgan fingerprint density at radius 2 is 2.29 bits per heavy atom. The quantitative estimate of drug-likeness (QED) is 0.803. The van der Waals surface area contributed by atoms with E-state index in [-0.39, 0.29) is 12.0 Å². The van der Waals surface area contributed by atoms with Crippen molar-refractivity contribution in [3.8, 4) is 0 Å². The number of carbonyl (C=O) groups excluding carboxylic acids is 1. The molecule has 24 heavy (non-hydrogen) atoms. The lowest BCUT2D eigenvalue weighted by Gasteiger charge is -2.25. The summed E-state index contributed by atoms with van der Waals surface area (Å²) < 4.78 is 11.3. The van der Waals surface area contributed by atoms with E-state index in [0.29, 0.717) is 13.2 Å². The average Bonchev–Trinajstić information content (AvgIpc) is 3.02. The summed E-state index contributed by atoms with van der Waals surface area (Å²) in [5.74, 6) is 0.934. The molecule has 1 aromatic rings. The fourth-order valence-corrected chi connectivity index (χ4v) is 3.18. The van der Waals surface area contributed by atoms with Crippen molar-refractivity contribution < 1.29 is 14.3 Å². The molecule has 2 saturated heterocycles. The maximum atomic E-state index is 12.6. The van der Waals surface area contributed by atoms with Gasteiger partial charge < -0.3 is 19.3 Å². The molecule has 0 N–H and O–H groups in total. The number of rotatable bonds is 5. The Kier molecular flexibility index (Phi) is 5.98. The van der Waals surface area contributed by atoms with Crippen molar-refractivity contribution in [3.63, 3.8) is 0 Å². The van der Waals surface area contributed by atoms with E-state index in [2.05, 4.69) is 15.1 Å². The Morgan fingerprint density at radius 1 is 1.38 bits per heavy atom. The number of hydrogen-bond acceptors (Lipinski definition) is 6. The zero-order valence-corrected chi connectivity index (χ0v) is 14.3. The van der Waals surface area contributed by atoms with Gasteiger partial charge in [0.15, 0.2) is 5.82 Å². The average molecular weight is 334 g/mol. The molecule has 2 aliphatic rings. The molecular weight excluding hydrogens is 308 g/mol. The van der Waals surface area contributed by atoms with Gasteiger partial charge in [-0.1, -0.05) is 0 Å². The van der Waals surface area contributed by atoms with Crippen molar-refractivity contribution in [2.45, 2.75) is 38.4 Å². The van der Waals surface area contributed by atoms with Crippen molar-refractivity contribution in [1.82, 2.24) is 15.1 Å². The molecule has 132 valence electrons. The monoisotopic (exact) mass is 334 g/mol. The first-order chi connectivity index (χ1) is 11.7. The summed E-state index contributed by atoms with van der Waals surface area (Å²) in [5, 5.41) is 8.09. The van der Waals surface area contributed by atoms with Crippen LogP contribution >= 0.6 is 0 Å². The van der Waals surface area contributed by atoms with E-state index in [1.54, 1.807) is 6.20 Å². The van der Waals surface area contributed by atoms with Crippen LogP contribution in [0.4, 0.5) is 5.82 Å². The number of hydrogen-bond donors (Lipinski definition) is 0. The van der Waals surface area contributed by atoms with Crippen LogP contribution in [0.25, 0.3) is 0 Å². The van der Waals surface area contributed by atoms with Gasteiger partial charge in [-0.2, -0.15) is 5.10 Å². The van der Waals surface area contributed by atoms with Gasteiger partial charge in [0, 0.05) is 39.0 Å². The highest BCUT2D eigenvalue weighted by molar-refractivity contribution is 5.80. The minimum absolute atomic E-state index is 0.0639. The van der Waals surface area contributed by atoms with Crippen LogP contribution in [-0.4, -0.2) is 72.6 Å². The lowest BCUT2D eigenvalue weighted by Crippen LogP contribution is -2.42. The van der Waals surface area contributed by atoms with E-state index in [4.69, 9.17) is 9.47 Å². The molecule has 0 radical (unpaired) electrons. The van der Waals surface area contributed by atoms with E-state index in [0.717, 1.165) is 51.3 Å². The molecule has 2 fully saturated rings. The standard InChI is InChI=1S/C17H26N4O3/c1-14(24-13-15-5-3-12-23-15)17(22)21-9-4-8-20(10-11-21)16-6-2-7-18-19-16/h2,6-7,14-15H,3-5,8-13H2,1H3/t14-,15-/m1/s1. The van der Waals surface area contributed by atoms with Crippen molar-refractivity contribution in [3.05, 3.63) is 18.3 Å². The van der Waals surface area contributed by atoms with Crippen LogP contribution in [0.5, 0.6) is 0 Å². The van der Waals surface area contributed by atoms with E-state index in [1.807, 2.05) is 24.0 Å². The van der Waals surface area contributed by atoms with Gasteiger partial charge >= 0.3 is 0 Å². The first kappa shape index (κ1) is 17.1. The van der Waals surface area contributed by atoms with Crippen LogP contribution in [-0.2, 0) is 14.3 Å². The Balaban J connectivity index is 1.48. The largest absolute Gasteiger partial charge is 0.376 e. The third-order valence-corrected chi connectivity index (χ3v) is 4.59. The third-order valence-electron chi connectivity index (χ3n) is 4.59. The summed E-state index contributed by atoms with van der Waals surface area (Å²) in [6.07, 6.45) is 4.43. The fourth-order valence-electron chi connectivity index (χ4n) is 3.18. The lowest BCUT2D eigenvalue weighted by molar-refractivity contribution is -0.144. The SMILES string of the molecule is C[C@@H](OC[C@H]1CCCO1)C(=O)N1CCCN(c2cccnn2)CC1. The van der Waals surface area contributed by atoms with Crippen molar-refractivity contribution in [2.75, 3.05) is 44.3 Å². The molecule has 2 aliphatic heterocycles. The second-order valence-corrected chi connectivity index (χ2v) is 6.36. The first-order valence-corrected chi connectivity index (χ1v) is 8.78. The summed E-state index contributed by atoms with van der Waals surface area (Å²) in [5.41, 5.74) is 0. The normalized spacial score (nSPS) is 23.1. The summed E-state index contributed by atoms with van der Waals surface area (Å²) in [6, 6.07) is 3.84. The number of aromatic nitrogens is 2. The smallest absolute Gasteiger partial charge is 0.251 e. The molecule has 0 unspecified atom stereocenters. The second kappa shape index (κ2) is 8.39. The highest BCUT2D eigenvalue weighted by Gasteiger charge is 2.25. The summed E-state index contributed by atoms with van der Waals surface area (Å²) in [7, 11) is 0. The Morgan fingerprint density at radius 3 is 3.04 bits per heavy atom. The van der Waals surface area contributed by atoms with E-state index < -0.39 is 6.10 Å². The molecule has 7 nitrogen and oxygen atoms in total. The first-order valence-electron chi connectivity index (χ1n) is 8.78. The van der Waals surface area contributed by atoms with E-state index in [1.165, 1.54) is 0 Å². The van der Waals surface area contributed by atoms with E-state index in [9.17, 15) is 4.79 Å². The van der Waals surface area contributed by atoms with Gasteiger partial charge in [-0.05, 0) is 38.3 Å². The third kappa shape index (κ3) is 4.42. The number of ether oxygens (including phenoxy) is 2. The van der Waals surface area contributed by atoms with Gasteiger partial charge in [-0.15, -0.1) is 5.10 Å². The van der Waals surface area contributed by atoms with Gasteiger partial charge in [0.1, 0.15) is 6.10 Å². The molecule has 3 heterocycles. The van der Waals surface area contributed by atoms with Crippen LogP contribution in [0.1, 0.15) is 26.2 Å². The molecular formula is C17H26N4O3. The van der Waals surface area contributed by atoms with Crippen LogP contribution in [0.3, 0.4) is 0 Å².